The molecule has 5 heteroatoms. The van der Waals surface area contributed by atoms with Gasteiger partial charge in [0.1, 0.15) is 0 Å². The molecule has 1 aromatic carbocycles. The van der Waals surface area contributed by atoms with E-state index in [0.717, 1.165) is 12.1 Å². The van der Waals surface area contributed by atoms with E-state index >= 15 is 0 Å². The average Bonchev–Trinajstić information content (AvgIpc) is 2.29. The van der Waals surface area contributed by atoms with Crippen LogP contribution >= 0.6 is 0 Å². The van der Waals surface area contributed by atoms with Crippen LogP contribution in [0.15, 0.2) is 18.2 Å². The first kappa shape index (κ1) is 15.0. The molecule has 0 saturated carbocycles. The van der Waals surface area contributed by atoms with Gasteiger partial charge in [-0.2, -0.15) is 13.2 Å². The van der Waals surface area contributed by atoms with Gasteiger partial charge in [0.05, 0.1) is 17.7 Å². The van der Waals surface area contributed by atoms with E-state index in [1.54, 1.807) is 14.0 Å². The highest BCUT2D eigenvalue weighted by molar-refractivity contribution is 5.35. The number of hydrogen-bond donors (Lipinski definition) is 1. The Bertz CT molecular complexity index is 400. The number of benzene rings is 1. The van der Waals surface area contributed by atoms with Gasteiger partial charge in [-0.1, -0.05) is 13.0 Å². The molecule has 0 aliphatic rings. The molecule has 2 atom stereocenters. The van der Waals surface area contributed by atoms with Crippen molar-refractivity contribution in [1.29, 1.82) is 0 Å². The van der Waals surface area contributed by atoms with Gasteiger partial charge in [0.15, 0.2) is 0 Å². The summed E-state index contributed by atoms with van der Waals surface area (Å²) >= 11 is 0. The second-order valence-electron chi connectivity index (χ2n) is 4.28. The van der Waals surface area contributed by atoms with E-state index in [0.29, 0.717) is 17.5 Å². The fourth-order valence-electron chi connectivity index (χ4n) is 1.99. The quantitative estimate of drug-likeness (QED) is 0.901. The number of aryl methyl sites for hydroxylation is 1. The third kappa shape index (κ3) is 3.23. The highest BCUT2D eigenvalue weighted by Crippen LogP contribution is 2.32. The van der Waals surface area contributed by atoms with Crippen molar-refractivity contribution in [3.63, 3.8) is 0 Å². The Hall–Kier alpha value is -1.07. The molecule has 0 aliphatic carbocycles. The Morgan fingerprint density at radius 3 is 2.33 bits per heavy atom. The molecular weight excluding hydrogens is 243 g/mol. The predicted molar refractivity (Wildman–Crippen MR) is 64.2 cm³/mol. The molecule has 1 aromatic rings. The van der Waals surface area contributed by atoms with E-state index in [2.05, 4.69) is 0 Å². The van der Waals surface area contributed by atoms with E-state index in [1.165, 1.54) is 6.07 Å². The zero-order valence-electron chi connectivity index (χ0n) is 10.7. The minimum Gasteiger partial charge on any atom is -0.379 e. The van der Waals surface area contributed by atoms with Crippen molar-refractivity contribution < 1.29 is 17.9 Å². The summed E-state index contributed by atoms with van der Waals surface area (Å²) in [4.78, 5) is 0. The van der Waals surface area contributed by atoms with Gasteiger partial charge in [-0.25, -0.2) is 0 Å². The van der Waals surface area contributed by atoms with Crippen molar-refractivity contribution in [2.45, 2.75) is 38.6 Å². The second kappa shape index (κ2) is 5.71. The van der Waals surface area contributed by atoms with Crippen LogP contribution in [-0.2, 0) is 10.9 Å². The molecule has 0 amide bonds. The molecule has 0 radical (unpaired) electrons. The Balaban J connectivity index is 3.06. The monoisotopic (exact) mass is 261 g/mol. The number of nitrogens with two attached hydrogens (primary N) is 1. The van der Waals surface area contributed by atoms with Crippen LogP contribution < -0.4 is 5.73 Å². The Morgan fingerprint density at radius 2 is 1.94 bits per heavy atom. The number of hydrogen-bond acceptors (Lipinski definition) is 2. The maximum atomic E-state index is 12.5. The van der Waals surface area contributed by atoms with E-state index in [4.69, 9.17) is 10.5 Å². The maximum absolute atomic E-state index is 12.5. The number of halogens is 3. The van der Waals surface area contributed by atoms with Crippen molar-refractivity contribution in [2.24, 2.45) is 5.73 Å². The molecule has 102 valence electrons. The molecule has 1 rings (SSSR count). The Morgan fingerprint density at radius 1 is 1.33 bits per heavy atom. The summed E-state index contributed by atoms with van der Waals surface area (Å²) in [5.41, 5.74) is 6.59. The molecular formula is C13H18F3NO. The topological polar surface area (TPSA) is 35.2 Å². The molecule has 0 bridgehead atoms. The van der Waals surface area contributed by atoms with Crippen molar-refractivity contribution in [2.75, 3.05) is 7.11 Å². The van der Waals surface area contributed by atoms with Crippen LogP contribution in [0.5, 0.6) is 0 Å². The fraction of sp³-hybridized carbons (Fsp3) is 0.538. The second-order valence-corrected chi connectivity index (χ2v) is 4.28. The van der Waals surface area contributed by atoms with Gasteiger partial charge in [-0.3, -0.25) is 0 Å². The zero-order chi connectivity index (χ0) is 13.9. The highest BCUT2D eigenvalue weighted by Gasteiger charge is 2.31. The Kier molecular flexibility index (Phi) is 4.76. The molecule has 0 saturated heterocycles. The molecule has 0 aliphatic heterocycles. The lowest BCUT2D eigenvalue weighted by Crippen LogP contribution is -2.28. The number of methoxy groups -OCH3 is 1. The largest absolute Gasteiger partial charge is 0.416 e. The predicted octanol–water partition coefficient (Wildman–Crippen LogP) is 3.44. The van der Waals surface area contributed by atoms with Crippen LogP contribution in [0.4, 0.5) is 13.2 Å². The number of ether oxygens (including phenoxy) is 1. The van der Waals surface area contributed by atoms with E-state index in [1.807, 2.05) is 6.92 Å². The number of alkyl halides is 3. The molecule has 2 unspecified atom stereocenters. The van der Waals surface area contributed by atoms with E-state index in [9.17, 15) is 13.2 Å². The standard InChI is InChI=1S/C13H18F3NO/c1-4-11(18-3)12(17)10-6-5-9(7-8(10)2)13(14,15)16/h5-7,11-12H,4,17H2,1-3H3. The maximum Gasteiger partial charge on any atom is 0.416 e. The third-order valence-electron chi connectivity index (χ3n) is 3.06. The zero-order valence-corrected chi connectivity index (χ0v) is 10.7. The van der Waals surface area contributed by atoms with Crippen molar-refractivity contribution in [1.82, 2.24) is 0 Å². The highest BCUT2D eigenvalue weighted by atomic mass is 19.4. The summed E-state index contributed by atoms with van der Waals surface area (Å²) in [6.07, 6.45) is -3.81. The lowest BCUT2D eigenvalue weighted by molar-refractivity contribution is -0.137. The first-order chi connectivity index (χ1) is 8.31. The van der Waals surface area contributed by atoms with E-state index < -0.39 is 17.8 Å². The van der Waals surface area contributed by atoms with E-state index in [-0.39, 0.29) is 6.10 Å². The normalized spacial score (nSPS) is 15.5. The first-order valence-corrected chi connectivity index (χ1v) is 5.77. The van der Waals surface area contributed by atoms with Crippen LogP contribution in [0.2, 0.25) is 0 Å². The summed E-state index contributed by atoms with van der Waals surface area (Å²) in [5, 5.41) is 0. The van der Waals surface area contributed by atoms with Gasteiger partial charge in [0.2, 0.25) is 0 Å². The summed E-state index contributed by atoms with van der Waals surface area (Å²) in [6.45, 7) is 3.56. The molecule has 0 aromatic heterocycles. The van der Waals surface area contributed by atoms with Crippen molar-refractivity contribution in [3.05, 3.63) is 34.9 Å². The van der Waals surface area contributed by atoms with Gasteiger partial charge in [0, 0.05) is 7.11 Å². The number of rotatable bonds is 4. The Labute approximate surface area is 105 Å². The minimum atomic E-state index is -4.32. The van der Waals surface area contributed by atoms with Gasteiger partial charge in [-0.15, -0.1) is 0 Å². The van der Waals surface area contributed by atoms with Gasteiger partial charge >= 0.3 is 6.18 Å². The average molecular weight is 261 g/mol. The summed E-state index contributed by atoms with van der Waals surface area (Å²) in [6, 6.07) is 3.20. The molecule has 2 nitrogen and oxygen atoms in total. The molecule has 0 fully saturated rings. The smallest absolute Gasteiger partial charge is 0.379 e. The van der Waals surface area contributed by atoms with Crippen molar-refractivity contribution >= 4 is 0 Å². The lowest BCUT2D eigenvalue weighted by atomic mass is 9.94. The van der Waals surface area contributed by atoms with Crippen LogP contribution in [0, 0.1) is 6.92 Å². The van der Waals surface area contributed by atoms with Crippen LogP contribution in [0.25, 0.3) is 0 Å². The fourth-order valence-corrected chi connectivity index (χ4v) is 1.99. The molecule has 18 heavy (non-hydrogen) atoms. The van der Waals surface area contributed by atoms with Crippen LogP contribution in [-0.4, -0.2) is 13.2 Å². The first-order valence-electron chi connectivity index (χ1n) is 5.77. The van der Waals surface area contributed by atoms with Gasteiger partial charge in [0.25, 0.3) is 0 Å². The SMILES string of the molecule is CCC(OC)C(N)c1ccc(C(F)(F)F)cc1C. The minimum absolute atomic E-state index is 0.194. The summed E-state index contributed by atoms with van der Waals surface area (Å²) < 4.78 is 42.8. The lowest BCUT2D eigenvalue weighted by Gasteiger charge is -2.23. The van der Waals surface area contributed by atoms with Crippen LogP contribution in [0.1, 0.15) is 36.1 Å². The third-order valence-corrected chi connectivity index (χ3v) is 3.06. The van der Waals surface area contributed by atoms with Gasteiger partial charge in [-0.05, 0) is 36.6 Å². The summed E-state index contributed by atoms with van der Waals surface area (Å²) in [5.74, 6) is 0. The van der Waals surface area contributed by atoms with Gasteiger partial charge < -0.3 is 10.5 Å². The summed E-state index contributed by atoms with van der Waals surface area (Å²) in [7, 11) is 1.55. The molecule has 0 spiro atoms. The van der Waals surface area contributed by atoms with Crippen molar-refractivity contribution in [3.8, 4) is 0 Å². The molecule has 2 N–H and O–H groups in total. The van der Waals surface area contributed by atoms with Crippen LogP contribution in [0.3, 0.4) is 0 Å². The molecule has 0 heterocycles.